The van der Waals surface area contributed by atoms with Crippen LogP contribution in [0.3, 0.4) is 0 Å². The second-order valence-corrected chi connectivity index (χ2v) is 3.44. The predicted molar refractivity (Wildman–Crippen MR) is 61.7 cm³/mol. The van der Waals surface area contributed by atoms with E-state index in [1.54, 1.807) is 0 Å². The molecule has 0 unspecified atom stereocenters. The molecule has 0 fully saturated rings. The number of nitrogens with zero attached hydrogens (tertiary/aromatic N) is 1. The summed E-state index contributed by atoms with van der Waals surface area (Å²) in [6.07, 6.45) is 2.70. The van der Waals surface area contributed by atoms with Crippen molar-refractivity contribution in [1.29, 1.82) is 5.41 Å². The number of amidine groups is 1. The van der Waals surface area contributed by atoms with Crippen LogP contribution in [-0.4, -0.2) is 10.8 Å². The number of nitrogens with two attached hydrogens (primary N) is 1. The molecule has 6 heteroatoms. The first-order chi connectivity index (χ1) is 8.59. The fourth-order valence-electron chi connectivity index (χ4n) is 1.37. The number of nitrogens with one attached hydrogen (secondary N) is 1. The first-order valence-electron chi connectivity index (χ1n) is 5.00. The van der Waals surface area contributed by atoms with Crippen LogP contribution in [0.1, 0.15) is 5.56 Å². The Kier molecular flexibility index (Phi) is 3.18. The molecule has 0 atom stereocenters. The molecule has 3 N–H and O–H groups in total. The molecule has 18 heavy (non-hydrogen) atoms. The van der Waals surface area contributed by atoms with Crippen LogP contribution in [0.15, 0.2) is 36.7 Å². The second-order valence-electron chi connectivity index (χ2n) is 3.44. The highest BCUT2D eigenvalue weighted by molar-refractivity contribution is 5.97. The molecular formula is C12H9F2N3O. The number of benzene rings is 1. The SMILES string of the molecule is N=C(N)c1ccncc1Oc1cccc(F)c1F. The lowest BCUT2D eigenvalue weighted by molar-refractivity contribution is 0.414. The van der Waals surface area contributed by atoms with Crippen molar-refractivity contribution in [2.24, 2.45) is 5.73 Å². The average Bonchev–Trinajstić information content (AvgIpc) is 2.35. The highest BCUT2D eigenvalue weighted by Crippen LogP contribution is 2.27. The van der Waals surface area contributed by atoms with Crippen molar-refractivity contribution in [3.63, 3.8) is 0 Å². The summed E-state index contributed by atoms with van der Waals surface area (Å²) in [5.74, 6) is -2.55. The minimum Gasteiger partial charge on any atom is -0.452 e. The van der Waals surface area contributed by atoms with E-state index < -0.39 is 11.6 Å². The van der Waals surface area contributed by atoms with Crippen molar-refractivity contribution in [3.05, 3.63) is 53.9 Å². The first kappa shape index (κ1) is 12.0. The summed E-state index contributed by atoms with van der Waals surface area (Å²) in [5.41, 5.74) is 5.60. The Bertz CT molecular complexity index is 602. The molecular weight excluding hydrogens is 240 g/mol. The van der Waals surface area contributed by atoms with E-state index in [1.807, 2.05) is 0 Å². The van der Waals surface area contributed by atoms with Crippen LogP contribution in [-0.2, 0) is 0 Å². The third-order valence-corrected chi connectivity index (χ3v) is 2.21. The fourth-order valence-corrected chi connectivity index (χ4v) is 1.37. The number of hydrogen-bond donors (Lipinski definition) is 2. The molecule has 0 aliphatic heterocycles. The Morgan fingerprint density at radius 3 is 2.72 bits per heavy atom. The van der Waals surface area contributed by atoms with Crippen LogP contribution < -0.4 is 10.5 Å². The normalized spacial score (nSPS) is 10.1. The molecule has 2 rings (SSSR count). The summed E-state index contributed by atoms with van der Waals surface area (Å²) in [5, 5.41) is 7.34. The van der Waals surface area contributed by atoms with Gasteiger partial charge in [0, 0.05) is 6.20 Å². The highest BCUT2D eigenvalue weighted by Gasteiger charge is 2.13. The van der Waals surface area contributed by atoms with Gasteiger partial charge in [0.1, 0.15) is 5.84 Å². The topological polar surface area (TPSA) is 72.0 Å². The van der Waals surface area contributed by atoms with Crippen molar-refractivity contribution < 1.29 is 13.5 Å². The van der Waals surface area contributed by atoms with Gasteiger partial charge in [-0.25, -0.2) is 4.39 Å². The number of ether oxygens (including phenoxy) is 1. The largest absolute Gasteiger partial charge is 0.452 e. The molecule has 0 aliphatic rings. The van der Waals surface area contributed by atoms with Crippen molar-refractivity contribution in [2.45, 2.75) is 0 Å². The third-order valence-electron chi connectivity index (χ3n) is 2.21. The smallest absolute Gasteiger partial charge is 0.201 e. The van der Waals surface area contributed by atoms with Gasteiger partial charge in [-0.3, -0.25) is 10.4 Å². The van der Waals surface area contributed by atoms with Gasteiger partial charge in [0.05, 0.1) is 11.8 Å². The molecule has 4 nitrogen and oxygen atoms in total. The van der Waals surface area contributed by atoms with Crippen molar-refractivity contribution in [3.8, 4) is 11.5 Å². The Labute approximate surface area is 102 Å². The Balaban J connectivity index is 2.40. The van der Waals surface area contributed by atoms with Crippen LogP contribution in [0.5, 0.6) is 11.5 Å². The third kappa shape index (κ3) is 2.27. The predicted octanol–water partition coefficient (Wildman–Crippen LogP) is 2.44. The number of aromatic nitrogens is 1. The van der Waals surface area contributed by atoms with Gasteiger partial charge in [-0.05, 0) is 18.2 Å². The van der Waals surface area contributed by atoms with Gasteiger partial charge in [-0.2, -0.15) is 4.39 Å². The maximum absolute atomic E-state index is 13.4. The number of halogens is 2. The lowest BCUT2D eigenvalue weighted by Crippen LogP contribution is -2.12. The zero-order valence-corrected chi connectivity index (χ0v) is 9.15. The zero-order chi connectivity index (χ0) is 13.1. The minimum atomic E-state index is -1.10. The molecule has 0 saturated heterocycles. The van der Waals surface area contributed by atoms with Crippen LogP contribution in [0, 0.1) is 17.0 Å². The molecule has 92 valence electrons. The van der Waals surface area contributed by atoms with Crippen LogP contribution in [0.25, 0.3) is 0 Å². The quantitative estimate of drug-likeness (QED) is 0.648. The molecule has 0 amide bonds. The van der Waals surface area contributed by atoms with E-state index in [1.165, 1.54) is 30.6 Å². The number of rotatable bonds is 3. The lowest BCUT2D eigenvalue weighted by Gasteiger charge is -2.10. The molecule has 0 spiro atoms. The van der Waals surface area contributed by atoms with Gasteiger partial charge in [-0.15, -0.1) is 0 Å². The van der Waals surface area contributed by atoms with Crippen LogP contribution in [0.4, 0.5) is 8.78 Å². The highest BCUT2D eigenvalue weighted by atomic mass is 19.2. The van der Waals surface area contributed by atoms with Gasteiger partial charge in [0.2, 0.25) is 5.82 Å². The maximum atomic E-state index is 13.4. The van der Waals surface area contributed by atoms with Crippen molar-refractivity contribution >= 4 is 5.84 Å². The summed E-state index contributed by atoms with van der Waals surface area (Å²) in [6, 6.07) is 5.03. The van der Waals surface area contributed by atoms with Gasteiger partial charge in [-0.1, -0.05) is 6.07 Å². The van der Waals surface area contributed by atoms with Gasteiger partial charge in [0.15, 0.2) is 17.3 Å². The monoisotopic (exact) mass is 249 g/mol. The van der Waals surface area contributed by atoms with E-state index in [0.29, 0.717) is 0 Å². The van der Waals surface area contributed by atoms with Gasteiger partial charge in [0.25, 0.3) is 0 Å². The summed E-state index contributed by atoms with van der Waals surface area (Å²) >= 11 is 0. The van der Waals surface area contributed by atoms with E-state index in [2.05, 4.69) is 4.98 Å². The molecule has 1 heterocycles. The van der Waals surface area contributed by atoms with E-state index in [-0.39, 0.29) is 22.9 Å². The van der Waals surface area contributed by atoms with E-state index in [9.17, 15) is 8.78 Å². The van der Waals surface area contributed by atoms with Crippen LogP contribution >= 0.6 is 0 Å². The zero-order valence-electron chi connectivity index (χ0n) is 9.15. The minimum absolute atomic E-state index is 0.0921. The van der Waals surface area contributed by atoms with E-state index in [4.69, 9.17) is 15.9 Å². The first-order valence-corrected chi connectivity index (χ1v) is 5.00. The number of hydrogen-bond acceptors (Lipinski definition) is 3. The molecule has 0 radical (unpaired) electrons. The van der Waals surface area contributed by atoms with Gasteiger partial charge >= 0.3 is 0 Å². The molecule has 1 aromatic heterocycles. The lowest BCUT2D eigenvalue weighted by atomic mass is 10.2. The Hall–Kier alpha value is -2.50. The summed E-state index contributed by atoms with van der Waals surface area (Å²) in [6.45, 7) is 0. The second kappa shape index (κ2) is 4.79. The Morgan fingerprint density at radius 2 is 2.00 bits per heavy atom. The molecule has 2 aromatic rings. The summed E-state index contributed by atoms with van der Waals surface area (Å²) < 4.78 is 31.6. The van der Waals surface area contributed by atoms with Crippen molar-refractivity contribution in [2.75, 3.05) is 0 Å². The average molecular weight is 249 g/mol. The number of nitrogen functional groups attached to an aromatic ring is 1. The van der Waals surface area contributed by atoms with E-state index >= 15 is 0 Å². The molecule has 1 aromatic carbocycles. The summed E-state index contributed by atoms with van der Waals surface area (Å²) in [4.78, 5) is 3.78. The molecule has 0 saturated carbocycles. The van der Waals surface area contributed by atoms with E-state index in [0.717, 1.165) is 6.07 Å². The maximum Gasteiger partial charge on any atom is 0.201 e. The molecule has 0 bridgehead atoms. The summed E-state index contributed by atoms with van der Waals surface area (Å²) in [7, 11) is 0. The Morgan fingerprint density at radius 1 is 1.22 bits per heavy atom. The number of pyridine rings is 1. The fraction of sp³-hybridized carbons (Fsp3) is 0. The molecule has 0 aliphatic carbocycles. The van der Waals surface area contributed by atoms with Crippen LogP contribution in [0.2, 0.25) is 0 Å². The van der Waals surface area contributed by atoms with Gasteiger partial charge < -0.3 is 10.5 Å². The standard InChI is InChI=1S/C12H9F2N3O/c13-8-2-1-3-9(11(8)14)18-10-6-17-5-4-7(10)12(15)16/h1-6H,(H3,15,16). The van der Waals surface area contributed by atoms with Crippen molar-refractivity contribution in [1.82, 2.24) is 4.98 Å².